The second-order valence-electron chi connectivity index (χ2n) is 4.60. The Bertz CT molecular complexity index is 706. The Morgan fingerprint density at radius 2 is 1.76 bits per heavy atom. The van der Waals surface area contributed by atoms with E-state index in [1.54, 1.807) is 0 Å². The molecule has 1 aromatic rings. The van der Waals surface area contributed by atoms with Crippen LogP contribution in [-0.2, 0) is 15.0 Å². The number of rotatable bonds is 3. The van der Waals surface area contributed by atoms with Gasteiger partial charge in [0.15, 0.2) is 23.3 Å². The Morgan fingerprint density at radius 3 is 2.33 bits per heavy atom. The number of carbonyl (C=O) groups is 1. The minimum Gasteiger partial charge on any atom is -0.309 e. The molecule has 1 fully saturated rings. The third kappa shape index (κ3) is 3.14. The first-order valence-electron chi connectivity index (χ1n) is 5.66. The topological polar surface area (TPSA) is 54.5 Å². The lowest BCUT2D eigenvalue weighted by Gasteiger charge is -2.18. The Labute approximate surface area is 116 Å². The van der Waals surface area contributed by atoms with E-state index in [4.69, 9.17) is 0 Å². The van der Waals surface area contributed by atoms with Crippen LogP contribution in [0.25, 0.3) is 0 Å². The molecule has 1 saturated heterocycles. The van der Waals surface area contributed by atoms with Crippen LogP contribution in [0.5, 0.6) is 0 Å². The van der Waals surface area contributed by atoms with E-state index in [0.717, 1.165) is 0 Å². The largest absolute Gasteiger partial charge is 0.309 e. The van der Waals surface area contributed by atoms with Gasteiger partial charge in [0.25, 0.3) is 0 Å². The van der Waals surface area contributed by atoms with Gasteiger partial charge >= 0.3 is 10.2 Å². The molecule has 0 N–H and O–H groups in total. The fourth-order valence-corrected chi connectivity index (χ4v) is 2.95. The quantitative estimate of drug-likeness (QED) is 0.368. The van der Waals surface area contributed by atoms with Crippen molar-refractivity contribution < 1.29 is 34.7 Å². The maximum atomic E-state index is 13.6. The normalized spacial score (nSPS) is 19.4. The minimum absolute atomic E-state index is 0.290. The Morgan fingerprint density at radius 1 is 1.14 bits per heavy atom. The predicted octanol–water partition coefficient (Wildman–Crippen LogP) is 1.90. The molecule has 1 amide bonds. The first kappa shape index (κ1) is 15.7. The van der Waals surface area contributed by atoms with Crippen LogP contribution in [0, 0.1) is 29.2 Å². The van der Waals surface area contributed by atoms with Gasteiger partial charge in [0, 0.05) is 24.9 Å². The molecule has 4 nitrogen and oxygen atoms in total. The highest BCUT2D eigenvalue weighted by Gasteiger charge is 2.36. The summed E-state index contributed by atoms with van der Waals surface area (Å²) in [6.07, 6.45) is -0.427. The summed E-state index contributed by atoms with van der Waals surface area (Å²) in [5, 5.41) is 0. The van der Waals surface area contributed by atoms with Gasteiger partial charge in [-0.15, -0.1) is 3.89 Å². The monoisotopic (exact) mass is 329 g/mol. The molecule has 10 heteroatoms. The van der Waals surface area contributed by atoms with Crippen molar-refractivity contribution in [3.05, 3.63) is 29.3 Å². The third-order valence-corrected chi connectivity index (χ3v) is 3.88. The molecule has 1 aliphatic rings. The van der Waals surface area contributed by atoms with Gasteiger partial charge in [-0.25, -0.2) is 17.6 Å². The molecule has 0 spiro atoms. The van der Waals surface area contributed by atoms with Crippen LogP contribution in [0.3, 0.4) is 0 Å². The zero-order valence-corrected chi connectivity index (χ0v) is 11.1. The van der Waals surface area contributed by atoms with E-state index in [1.807, 2.05) is 0 Å². The SMILES string of the molecule is O=C1CC(CS(=O)(=O)F)CN1c1cc(F)c(F)c(F)c1F. The van der Waals surface area contributed by atoms with Gasteiger partial charge < -0.3 is 4.90 Å². The average Bonchev–Trinajstić information content (AvgIpc) is 2.69. The van der Waals surface area contributed by atoms with E-state index in [2.05, 4.69) is 0 Å². The smallest absolute Gasteiger partial charge is 0.302 e. The Balaban J connectivity index is 2.34. The van der Waals surface area contributed by atoms with Gasteiger partial charge in [-0.2, -0.15) is 8.42 Å². The highest BCUT2D eigenvalue weighted by Crippen LogP contribution is 2.31. The molecule has 1 aromatic carbocycles. The second kappa shape index (κ2) is 5.24. The van der Waals surface area contributed by atoms with Crippen LogP contribution in [0.15, 0.2) is 6.07 Å². The summed E-state index contributed by atoms with van der Waals surface area (Å²) in [5.41, 5.74) is -0.852. The average molecular weight is 329 g/mol. The lowest BCUT2D eigenvalue weighted by molar-refractivity contribution is -0.117. The summed E-state index contributed by atoms with van der Waals surface area (Å²) in [7, 11) is -4.85. The fourth-order valence-electron chi connectivity index (χ4n) is 2.16. The molecule has 0 aliphatic carbocycles. The number of benzene rings is 1. The van der Waals surface area contributed by atoms with Crippen molar-refractivity contribution in [2.45, 2.75) is 6.42 Å². The zero-order chi connectivity index (χ0) is 15.9. The number of carbonyl (C=O) groups excluding carboxylic acids is 1. The molecule has 0 saturated carbocycles. The molecule has 1 unspecified atom stereocenters. The third-order valence-electron chi connectivity index (χ3n) is 3.01. The second-order valence-corrected chi connectivity index (χ2v) is 6.01. The van der Waals surface area contributed by atoms with Crippen LogP contribution < -0.4 is 4.90 Å². The van der Waals surface area contributed by atoms with Crippen LogP contribution in [-0.4, -0.2) is 26.6 Å². The van der Waals surface area contributed by atoms with Crippen molar-refractivity contribution in [3.63, 3.8) is 0 Å². The maximum Gasteiger partial charge on any atom is 0.302 e. The first-order valence-corrected chi connectivity index (χ1v) is 7.21. The van der Waals surface area contributed by atoms with Crippen molar-refractivity contribution in [3.8, 4) is 0 Å². The van der Waals surface area contributed by atoms with Gasteiger partial charge in [0.05, 0.1) is 11.4 Å². The number of amides is 1. The molecule has 2 rings (SSSR count). The summed E-state index contributed by atoms with van der Waals surface area (Å²) in [4.78, 5) is 12.2. The van der Waals surface area contributed by atoms with Gasteiger partial charge in [0.2, 0.25) is 5.91 Å². The van der Waals surface area contributed by atoms with Crippen LogP contribution >= 0.6 is 0 Å². The summed E-state index contributed by atoms with van der Waals surface area (Å²) in [5.74, 6) is -10.4. The highest BCUT2D eigenvalue weighted by atomic mass is 32.3. The highest BCUT2D eigenvalue weighted by molar-refractivity contribution is 7.86. The van der Waals surface area contributed by atoms with Crippen LogP contribution in [0.4, 0.5) is 27.1 Å². The van der Waals surface area contributed by atoms with E-state index in [9.17, 15) is 34.7 Å². The molecule has 1 aliphatic heterocycles. The molecule has 0 bridgehead atoms. The van der Waals surface area contributed by atoms with E-state index in [-0.39, 0.29) is 6.07 Å². The Kier molecular flexibility index (Phi) is 3.91. The zero-order valence-electron chi connectivity index (χ0n) is 10.2. The van der Waals surface area contributed by atoms with Crippen molar-refractivity contribution in [1.82, 2.24) is 0 Å². The van der Waals surface area contributed by atoms with Crippen LogP contribution in [0.2, 0.25) is 0 Å². The van der Waals surface area contributed by atoms with Crippen molar-refractivity contribution in [2.24, 2.45) is 5.92 Å². The molecular weight excluding hydrogens is 321 g/mol. The fraction of sp³-hybridized carbons (Fsp3) is 0.364. The van der Waals surface area contributed by atoms with E-state index >= 15 is 0 Å². The van der Waals surface area contributed by atoms with E-state index < -0.39 is 69.7 Å². The Hall–Kier alpha value is -1.71. The molecule has 0 aromatic heterocycles. The molecule has 21 heavy (non-hydrogen) atoms. The van der Waals surface area contributed by atoms with Gasteiger partial charge in [-0.3, -0.25) is 4.79 Å². The maximum absolute atomic E-state index is 13.6. The minimum atomic E-state index is -4.85. The van der Waals surface area contributed by atoms with Gasteiger partial charge in [-0.1, -0.05) is 0 Å². The standard InChI is InChI=1S/C11H8F5NO3S/c12-6-2-7(10(14)11(15)9(6)13)17-3-5(1-8(17)18)4-21(16,19)20/h2,5H,1,3-4H2. The van der Waals surface area contributed by atoms with Crippen molar-refractivity contribution in [2.75, 3.05) is 17.2 Å². The van der Waals surface area contributed by atoms with Crippen molar-refractivity contribution in [1.29, 1.82) is 0 Å². The summed E-state index contributed by atoms with van der Waals surface area (Å²) >= 11 is 0. The van der Waals surface area contributed by atoms with Crippen LogP contribution in [0.1, 0.15) is 6.42 Å². The number of halogens is 5. The summed E-state index contributed by atoms with van der Waals surface area (Å²) in [6, 6.07) is 0.290. The van der Waals surface area contributed by atoms with E-state index in [1.165, 1.54) is 0 Å². The number of hydrogen-bond donors (Lipinski definition) is 0. The van der Waals surface area contributed by atoms with Crippen molar-refractivity contribution >= 4 is 21.8 Å². The predicted molar refractivity (Wildman–Crippen MR) is 61.6 cm³/mol. The number of anilines is 1. The van der Waals surface area contributed by atoms with E-state index in [0.29, 0.717) is 4.90 Å². The molecule has 1 heterocycles. The summed E-state index contributed by atoms with van der Waals surface area (Å²) in [6.45, 7) is -0.441. The number of hydrogen-bond acceptors (Lipinski definition) is 3. The molecule has 1 atom stereocenters. The lowest BCUT2D eigenvalue weighted by atomic mass is 10.1. The first-order chi connectivity index (χ1) is 9.60. The molecule has 0 radical (unpaired) electrons. The van der Waals surface area contributed by atoms with Gasteiger partial charge in [0.1, 0.15) is 0 Å². The summed E-state index contributed by atoms with van der Waals surface area (Å²) < 4.78 is 86.2. The van der Waals surface area contributed by atoms with Gasteiger partial charge in [-0.05, 0) is 0 Å². The molecule has 116 valence electrons. The number of nitrogens with zero attached hydrogens (tertiary/aromatic N) is 1. The lowest BCUT2D eigenvalue weighted by Crippen LogP contribution is -2.27. The molecular formula is C11H8F5NO3S.